The van der Waals surface area contributed by atoms with Crippen LogP contribution in [-0.2, 0) is 4.79 Å². The van der Waals surface area contributed by atoms with E-state index in [1.165, 1.54) is 18.2 Å². The number of rotatable bonds is 5. The number of aromatic carboxylic acids is 1. The molecule has 0 saturated carbocycles. The lowest BCUT2D eigenvalue weighted by molar-refractivity contribution is -0.118. The van der Waals surface area contributed by atoms with Crippen LogP contribution in [0.5, 0.6) is 0 Å². The molecular formula is C13H17ClN2O3. The van der Waals surface area contributed by atoms with Crippen molar-refractivity contribution in [2.45, 2.75) is 26.3 Å². The van der Waals surface area contributed by atoms with Gasteiger partial charge in [-0.1, -0.05) is 31.9 Å². The van der Waals surface area contributed by atoms with Crippen LogP contribution in [0.2, 0.25) is 5.02 Å². The van der Waals surface area contributed by atoms with Crippen molar-refractivity contribution in [1.29, 1.82) is 0 Å². The molecule has 4 N–H and O–H groups in total. The predicted molar refractivity (Wildman–Crippen MR) is 74.5 cm³/mol. The van der Waals surface area contributed by atoms with Crippen molar-refractivity contribution in [3.8, 4) is 0 Å². The molecule has 0 bridgehead atoms. The zero-order chi connectivity index (χ0) is 14.6. The van der Waals surface area contributed by atoms with E-state index in [0.717, 1.165) is 6.42 Å². The SMILES string of the molecule is CCC(C)C(N)C(=O)Nc1cc(Cl)cc(C(=O)O)c1. The van der Waals surface area contributed by atoms with E-state index in [0.29, 0.717) is 5.69 Å². The minimum absolute atomic E-state index is 0.0138. The number of carbonyl (C=O) groups excluding carboxylic acids is 1. The lowest BCUT2D eigenvalue weighted by atomic mass is 9.99. The van der Waals surface area contributed by atoms with Crippen LogP contribution in [0, 0.1) is 5.92 Å². The maximum absolute atomic E-state index is 11.9. The molecule has 0 aliphatic heterocycles. The van der Waals surface area contributed by atoms with Crippen molar-refractivity contribution in [2.75, 3.05) is 5.32 Å². The molecule has 0 radical (unpaired) electrons. The van der Waals surface area contributed by atoms with Crippen LogP contribution in [0.25, 0.3) is 0 Å². The van der Waals surface area contributed by atoms with Gasteiger partial charge in [0, 0.05) is 10.7 Å². The van der Waals surface area contributed by atoms with Gasteiger partial charge in [0.25, 0.3) is 0 Å². The lowest BCUT2D eigenvalue weighted by Crippen LogP contribution is -2.40. The number of carbonyl (C=O) groups is 2. The number of amides is 1. The Labute approximate surface area is 116 Å². The van der Waals surface area contributed by atoms with Crippen LogP contribution < -0.4 is 11.1 Å². The van der Waals surface area contributed by atoms with Crippen molar-refractivity contribution in [2.24, 2.45) is 11.7 Å². The average molecular weight is 285 g/mol. The van der Waals surface area contributed by atoms with Gasteiger partial charge in [0.15, 0.2) is 0 Å². The van der Waals surface area contributed by atoms with E-state index in [9.17, 15) is 9.59 Å². The molecule has 0 aliphatic carbocycles. The summed E-state index contributed by atoms with van der Waals surface area (Å²) in [6, 6.07) is 3.50. The standard InChI is InChI=1S/C13H17ClN2O3/c1-3-7(2)11(15)12(17)16-10-5-8(13(18)19)4-9(14)6-10/h4-7,11H,3,15H2,1-2H3,(H,16,17)(H,18,19). The van der Waals surface area contributed by atoms with Gasteiger partial charge in [-0.05, 0) is 24.1 Å². The number of anilines is 1. The number of benzene rings is 1. The van der Waals surface area contributed by atoms with Gasteiger partial charge in [-0.15, -0.1) is 0 Å². The maximum Gasteiger partial charge on any atom is 0.335 e. The third-order valence-electron chi connectivity index (χ3n) is 2.97. The summed E-state index contributed by atoms with van der Waals surface area (Å²) >= 11 is 5.80. The molecule has 2 atom stereocenters. The Morgan fingerprint density at radius 3 is 2.58 bits per heavy atom. The quantitative estimate of drug-likeness (QED) is 0.774. The largest absolute Gasteiger partial charge is 0.478 e. The Morgan fingerprint density at radius 2 is 2.05 bits per heavy atom. The summed E-state index contributed by atoms with van der Waals surface area (Å²) in [4.78, 5) is 22.8. The summed E-state index contributed by atoms with van der Waals surface area (Å²) in [5.74, 6) is -1.42. The van der Waals surface area contributed by atoms with E-state index < -0.39 is 12.0 Å². The number of nitrogens with one attached hydrogen (secondary N) is 1. The fourth-order valence-corrected chi connectivity index (χ4v) is 1.76. The topological polar surface area (TPSA) is 92.4 Å². The summed E-state index contributed by atoms with van der Waals surface area (Å²) in [5, 5.41) is 11.7. The second-order valence-corrected chi connectivity index (χ2v) is 4.87. The first-order valence-electron chi connectivity index (χ1n) is 5.95. The normalized spacial score (nSPS) is 13.7. The highest BCUT2D eigenvalue weighted by molar-refractivity contribution is 6.31. The Balaban J connectivity index is 2.88. The molecule has 0 aliphatic rings. The predicted octanol–water partition coefficient (Wildman–Crippen LogP) is 2.35. The lowest BCUT2D eigenvalue weighted by Gasteiger charge is -2.18. The van der Waals surface area contributed by atoms with E-state index in [1.807, 2.05) is 13.8 Å². The molecule has 0 spiro atoms. The molecule has 1 rings (SSSR count). The molecule has 2 unspecified atom stereocenters. The Kier molecular flexibility index (Phi) is 5.32. The minimum atomic E-state index is -1.11. The Bertz CT molecular complexity index is 491. The van der Waals surface area contributed by atoms with Crippen molar-refractivity contribution in [3.63, 3.8) is 0 Å². The van der Waals surface area contributed by atoms with E-state index in [1.54, 1.807) is 0 Å². The highest BCUT2D eigenvalue weighted by atomic mass is 35.5. The first kappa shape index (κ1) is 15.5. The summed E-state index contributed by atoms with van der Waals surface area (Å²) in [5.41, 5.74) is 6.13. The summed E-state index contributed by atoms with van der Waals surface area (Å²) in [6.07, 6.45) is 0.782. The second-order valence-electron chi connectivity index (χ2n) is 4.43. The highest BCUT2D eigenvalue weighted by Gasteiger charge is 2.19. The summed E-state index contributed by atoms with van der Waals surface area (Å²) in [6.45, 7) is 3.82. The van der Waals surface area contributed by atoms with Crippen LogP contribution >= 0.6 is 11.6 Å². The Hall–Kier alpha value is -1.59. The van der Waals surface area contributed by atoms with Gasteiger partial charge >= 0.3 is 5.97 Å². The number of carboxylic acids is 1. The Morgan fingerprint density at radius 1 is 1.42 bits per heavy atom. The molecule has 0 aromatic heterocycles. The molecule has 5 nitrogen and oxygen atoms in total. The molecule has 0 saturated heterocycles. The number of hydrogen-bond acceptors (Lipinski definition) is 3. The van der Waals surface area contributed by atoms with Crippen LogP contribution in [-0.4, -0.2) is 23.0 Å². The van der Waals surface area contributed by atoms with Crippen molar-refractivity contribution in [1.82, 2.24) is 0 Å². The zero-order valence-electron chi connectivity index (χ0n) is 10.8. The summed E-state index contributed by atoms with van der Waals surface area (Å²) < 4.78 is 0. The molecule has 6 heteroatoms. The molecule has 1 aromatic rings. The van der Waals surface area contributed by atoms with Gasteiger partial charge in [-0.25, -0.2) is 4.79 Å². The maximum atomic E-state index is 11.9. The minimum Gasteiger partial charge on any atom is -0.478 e. The average Bonchev–Trinajstić information content (AvgIpc) is 2.35. The number of hydrogen-bond donors (Lipinski definition) is 3. The monoisotopic (exact) mass is 284 g/mol. The second kappa shape index (κ2) is 6.54. The fourth-order valence-electron chi connectivity index (χ4n) is 1.52. The highest BCUT2D eigenvalue weighted by Crippen LogP contribution is 2.20. The molecule has 19 heavy (non-hydrogen) atoms. The first-order valence-corrected chi connectivity index (χ1v) is 6.33. The first-order chi connectivity index (χ1) is 8.85. The number of nitrogens with two attached hydrogens (primary N) is 1. The van der Waals surface area contributed by atoms with E-state index in [2.05, 4.69) is 5.32 Å². The van der Waals surface area contributed by atoms with Gasteiger partial charge in [0.2, 0.25) is 5.91 Å². The van der Waals surface area contributed by atoms with Crippen molar-refractivity contribution >= 4 is 29.2 Å². The van der Waals surface area contributed by atoms with Crippen LogP contribution in [0.15, 0.2) is 18.2 Å². The van der Waals surface area contributed by atoms with E-state index in [4.69, 9.17) is 22.4 Å². The molecule has 104 valence electrons. The molecular weight excluding hydrogens is 268 g/mol. The van der Waals surface area contributed by atoms with Crippen LogP contribution in [0.4, 0.5) is 5.69 Å². The number of carboxylic acid groups (broad SMARTS) is 1. The third-order valence-corrected chi connectivity index (χ3v) is 3.19. The zero-order valence-corrected chi connectivity index (χ0v) is 11.6. The van der Waals surface area contributed by atoms with Crippen molar-refractivity contribution in [3.05, 3.63) is 28.8 Å². The molecule has 0 fully saturated rings. The van der Waals surface area contributed by atoms with Crippen molar-refractivity contribution < 1.29 is 14.7 Å². The summed E-state index contributed by atoms with van der Waals surface area (Å²) in [7, 11) is 0. The van der Waals surface area contributed by atoms with Crippen LogP contribution in [0.3, 0.4) is 0 Å². The van der Waals surface area contributed by atoms with Gasteiger partial charge < -0.3 is 16.2 Å². The molecule has 1 amide bonds. The molecule has 0 heterocycles. The van der Waals surface area contributed by atoms with Gasteiger partial charge in [-0.2, -0.15) is 0 Å². The van der Waals surface area contributed by atoms with Crippen LogP contribution in [0.1, 0.15) is 30.6 Å². The van der Waals surface area contributed by atoms with Gasteiger partial charge in [0.05, 0.1) is 11.6 Å². The van der Waals surface area contributed by atoms with E-state index >= 15 is 0 Å². The molecule has 1 aromatic carbocycles. The van der Waals surface area contributed by atoms with Gasteiger partial charge in [-0.3, -0.25) is 4.79 Å². The van der Waals surface area contributed by atoms with Gasteiger partial charge in [0.1, 0.15) is 0 Å². The smallest absolute Gasteiger partial charge is 0.335 e. The number of halogens is 1. The van der Waals surface area contributed by atoms with E-state index in [-0.39, 0.29) is 22.4 Å². The third kappa shape index (κ3) is 4.22. The fraction of sp³-hybridized carbons (Fsp3) is 0.385.